The van der Waals surface area contributed by atoms with E-state index in [4.69, 9.17) is 11.6 Å². The average Bonchev–Trinajstić information content (AvgIpc) is 2.61. The topological polar surface area (TPSA) is 20.3 Å². The number of amides is 1. The molecule has 2 unspecified atom stereocenters. The summed E-state index contributed by atoms with van der Waals surface area (Å²) in [5.74, 6) is 1.64. The number of likely N-dealkylation sites (tertiary alicyclic amines) is 1. The summed E-state index contributed by atoms with van der Waals surface area (Å²) in [5, 5.41) is 0. The highest BCUT2D eigenvalue weighted by atomic mass is 35.5. The zero-order valence-electron chi connectivity index (χ0n) is 10.0. The van der Waals surface area contributed by atoms with Crippen molar-refractivity contribution in [1.29, 1.82) is 0 Å². The van der Waals surface area contributed by atoms with Gasteiger partial charge in [-0.25, -0.2) is 0 Å². The van der Waals surface area contributed by atoms with E-state index in [-0.39, 0.29) is 12.0 Å². The van der Waals surface area contributed by atoms with Crippen molar-refractivity contribution in [3.8, 4) is 0 Å². The molecule has 88 valence electrons. The summed E-state index contributed by atoms with van der Waals surface area (Å²) < 4.78 is 0. The lowest BCUT2D eigenvalue weighted by atomic mass is 10.0. The van der Waals surface area contributed by atoms with E-state index >= 15 is 0 Å². The highest BCUT2D eigenvalue weighted by molar-refractivity contribution is 6.18. The number of halogens is 1. The van der Waals surface area contributed by atoms with Gasteiger partial charge < -0.3 is 4.90 Å². The summed E-state index contributed by atoms with van der Waals surface area (Å²) in [6.07, 6.45) is 2.98. The van der Waals surface area contributed by atoms with Crippen LogP contribution in [-0.2, 0) is 4.79 Å². The second kappa shape index (κ2) is 5.74. The van der Waals surface area contributed by atoms with Crippen molar-refractivity contribution in [2.75, 3.05) is 12.4 Å². The lowest BCUT2D eigenvalue weighted by molar-refractivity contribution is -0.136. The maximum absolute atomic E-state index is 12.2. The van der Waals surface area contributed by atoms with E-state index in [9.17, 15) is 4.79 Å². The maximum Gasteiger partial charge on any atom is 0.225 e. The van der Waals surface area contributed by atoms with Gasteiger partial charge in [0, 0.05) is 24.4 Å². The van der Waals surface area contributed by atoms with Crippen LogP contribution in [0.3, 0.4) is 0 Å². The minimum atomic E-state index is 0.195. The van der Waals surface area contributed by atoms with Gasteiger partial charge in [0.05, 0.1) is 0 Å². The van der Waals surface area contributed by atoms with Gasteiger partial charge in [-0.1, -0.05) is 20.8 Å². The van der Waals surface area contributed by atoms with Gasteiger partial charge in [-0.15, -0.1) is 11.6 Å². The fraction of sp³-hybridized carbons (Fsp3) is 0.917. The summed E-state index contributed by atoms with van der Waals surface area (Å²) in [5.41, 5.74) is 0. The first-order chi connectivity index (χ1) is 7.15. The number of hydrogen-bond acceptors (Lipinski definition) is 1. The van der Waals surface area contributed by atoms with E-state index in [1.54, 1.807) is 0 Å². The summed E-state index contributed by atoms with van der Waals surface area (Å²) in [7, 11) is 0. The molecule has 1 saturated heterocycles. The molecule has 1 aliphatic rings. The van der Waals surface area contributed by atoms with Crippen LogP contribution in [0.15, 0.2) is 0 Å². The Hall–Kier alpha value is -0.240. The maximum atomic E-state index is 12.2. The first kappa shape index (κ1) is 12.8. The predicted molar refractivity (Wildman–Crippen MR) is 64.1 cm³/mol. The van der Waals surface area contributed by atoms with Crippen molar-refractivity contribution in [2.24, 2.45) is 11.8 Å². The first-order valence-corrected chi connectivity index (χ1v) is 6.55. The van der Waals surface area contributed by atoms with Gasteiger partial charge in [-0.3, -0.25) is 4.79 Å². The van der Waals surface area contributed by atoms with E-state index in [2.05, 4.69) is 20.8 Å². The van der Waals surface area contributed by atoms with Crippen LogP contribution >= 0.6 is 11.6 Å². The number of carbonyl (C=O) groups is 1. The highest BCUT2D eigenvalue weighted by Gasteiger charge is 2.35. The third-order valence-electron chi connectivity index (χ3n) is 3.66. The van der Waals surface area contributed by atoms with E-state index in [0.717, 1.165) is 25.8 Å². The summed E-state index contributed by atoms with van der Waals surface area (Å²) >= 11 is 5.94. The van der Waals surface area contributed by atoms with Crippen LogP contribution in [0.25, 0.3) is 0 Å². The second-order valence-corrected chi connectivity index (χ2v) is 4.84. The molecule has 0 spiro atoms. The SMILES string of the molecule is CCC(CC)C(=O)N1CCC(C)C1CCl. The van der Waals surface area contributed by atoms with Crippen LogP contribution < -0.4 is 0 Å². The van der Waals surface area contributed by atoms with Crippen molar-refractivity contribution in [3.63, 3.8) is 0 Å². The molecule has 1 aliphatic heterocycles. The quantitative estimate of drug-likeness (QED) is 0.682. The van der Waals surface area contributed by atoms with Crippen LogP contribution in [0, 0.1) is 11.8 Å². The van der Waals surface area contributed by atoms with Gasteiger partial charge in [0.15, 0.2) is 0 Å². The van der Waals surface area contributed by atoms with E-state index in [0.29, 0.717) is 17.7 Å². The van der Waals surface area contributed by atoms with Gasteiger partial charge >= 0.3 is 0 Å². The monoisotopic (exact) mass is 231 g/mol. The Morgan fingerprint density at radius 2 is 2.07 bits per heavy atom. The molecule has 15 heavy (non-hydrogen) atoms. The summed E-state index contributed by atoms with van der Waals surface area (Å²) in [6.45, 7) is 7.25. The molecule has 2 nitrogen and oxygen atoms in total. The summed E-state index contributed by atoms with van der Waals surface area (Å²) in [6, 6.07) is 0.264. The molecule has 3 heteroatoms. The number of alkyl halides is 1. The van der Waals surface area contributed by atoms with Gasteiger partial charge in [-0.2, -0.15) is 0 Å². The Kier molecular flexibility index (Phi) is 4.91. The predicted octanol–water partition coefficient (Wildman–Crippen LogP) is 2.90. The third kappa shape index (κ3) is 2.66. The highest BCUT2D eigenvalue weighted by Crippen LogP contribution is 2.27. The molecule has 0 aliphatic carbocycles. The Morgan fingerprint density at radius 3 is 2.53 bits per heavy atom. The molecule has 1 amide bonds. The largest absolute Gasteiger partial charge is 0.338 e. The smallest absolute Gasteiger partial charge is 0.225 e. The third-order valence-corrected chi connectivity index (χ3v) is 3.97. The lowest BCUT2D eigenvalue weighted by Crippen LogP contribution is -2.41. The Balaban J connectivity index is 2.66. The van der Waals surface area contributed by atoms with Gasteiger partial charge in [0.2, 0.25) is 5.91 Å². The van der Waals surface area contributed by atoms with Crippen LogP contribution in [0.1, 0.15) is 40.0 Å². The van der Waals surface area contributed by atoms with Gasteiger partial charge in [0.25, 0.3) is 0 Å². The van der Waals surface area contributed by atoms with E-state index in [1.165, 1.54) is 0 Å². The molecule has 0 aromatic heterocycles. The molecule has 1 heterocycles. The van der Waals surface area contributed by atoms with Crippen molar-refractivity contribution in [3.05, 3.63) is 0 Å². The molecule has 1 fully saturated rings. The molecule has 1 rings (SSSR count). The minimum Gasteiger partial charge on any atom is -0.338 e. The average molecular weight is 232 g/mol. The number of carbonyl (C=O) groups excluding carboxylic acids is 1. The number of rotatable bonds is 4. The molecule has 0 aromatic carbocycles. The van der Waals surface area contributed by atoms with Crippen LogP contribution in [0.4, 0.5) is 0 Å². The van der Waals surface area contributed by atoms with Crippen molar-refractivity contribution < 1.29 is 4.79 Å². The summed E-state index contributed by atoms with van der Waals surface area (Å²) in [4.78, 5) is 14.2. The van der Waals surface area contributed by atoms with Gasteiger partial charge in [0.1, 0.15) is 0 Å². The zero-order valence-corrected chi connectivity index (χ0v) is 10.8. The number of nitrogens with zero attached hydrogens (tertiary/aromatic N) is 1. The van der Waals surface area contributed by atoms with E-state index in [1.807, 2.05) is 4.90 Å². The molecule has 0 bridgehead atoms. The minimum absolute atomic E-state index is 0.195. The lowest BCUT2D eigenvalue weighted by Gasteiger charge is -2.28. The standard InChI is InChI=1S/C12H22ClNO/c1-4-10(5-2)12(15)14-7-6-9(3)11(14)8-13/h9-11H,4-8H2,1-3H3. The first-order valence-electron chi connectivity index (χ1n) is 6.02. The molecular weight excluding hydrogens is 210 g/mol. The number of hydrogen-bond donors (Lipinski definition) is 0. The fourth-order valence-corrected chi connectivity index (χ4v) is 2.86. The molecular formula is C12H22ClNO. The normalized spacial score (nSPS) is 26.3. The Bertz CT molecular complexity index is 216. The van der Waals surface area contributed by atoms with Crippen molar-refractivity contribution >= 4 is 17.5 Å². The van der Waals surface area contributed by atoms with Crippen LogP contribution in [0.5, 0.6) is 0 Å². The molecule has 0 N–H and O–H groups in total. The second-order valence-electron chi connectivity index (χ2n) is 4.53. The fourth-order valence-electron chi connectivity index (χ4n) is 2.39. The zero-order chi connectivity index (χ0) is 11.4. The molecule has 0 radical (unpaired) electrons. The molecule has 0 aromatic rings. The van der Waals surface area contributed by atoms with Crippen molar-refractivity contribution in [2.45, 2.75) is 46.1 Å². The van der Waals surface area contributed by atoms with Gasteiger partial charge in [-0.05, 0) is 25.2 Å². The molecule has 0 saturated carbocycles. The van der Waals surface area contributed by atoms with Crippen molar-refractivity contribution in [1.82, 2.24) is 4.90 Å². The molecule has 2 atom stereocenters. The Morgan fingerprint density at radius 1 is 1.47 bits per heavy atom. The van der Waals surface area contributed by atoms with Crippen LogP contribution in [-0.4, -0.2) is 29.3 Å². The van der Waals surface area contributed by atoms with Crippen LogP contribution in [0.2, 0.25) is 0 Å². The van der Waals surface area contributed by atoms with E-state index < -0.39 is 0 Å². The Labute approximate surface area is 98.0 Å².